The predicted molar refractivity (Wildman–Crippen MR) is 128 cm³/mol. The summed E-state index contributed by atoms with van der Waals surface area (Å²) in [6.07, 6.45) is 0.487. The summed E-state index contributed by atoms with van der Waals surface area (Å²) in [5.41, 5.74) is 2.24. The van der Waals surface area contributed by atoms with Crippen LogP contribution in [-0.2, 0) is 7.05 Å². The van der Waals surface area contributed by atoms with Crippen LogP contribution in [0.15, 0.2) is 81.4 Å². The van der Waals surface area contributed by atoms with Crippen molar-refractivity contribution in [3.8, 4) is 5.88 Å². The molecule has 0 unspecified atom stereocenters. The smallest absolute Gasteiger partial charge is 0.264 e. The van der Waals surface area contributed by atoms with Crippen LogP contribution in [0.3, 0.4) is 0 Å². The van der Waals surface area contributed by atoms with Gasteiger partial charge in [-0.3, -0.25) is 19.3 Å². The van der Waals surface area contributed by atoms with Crippen LogP contribution in [0, 0.1) is 4.77 Å². The van der Waals surface area contributed by atoms with E-state index in [1.165, 1.54) is 20.9 Å². The van der Waals surface area contributed by atoms with Gasteiger partial charge < -0.3 is 5.11 Å². The van der Waals surface area contributed by atoms with Crippen molar-refractivity contribution >= 4 is 46.2 Å². The Morgan fingerprint density at radius 2 is 1.84 bits per heavy atom. The molecule has 31 heavy (non-hydrogen) atoms. The van der Waals surface area contributed by atoms with Gasteiger partial charge in [-0.15, -0.1) is 11.8 Å². The molecule has 7 heteroatoms. The molecule has 154 valence electrons. The van der Waals surface area contributed by atoms with E-state index in [9.17, 15) is 9.90 Å². The normalized spacial score (nSPS) is 15.9. The number of aromatic hydroxyl groups is 1. The van der Waals surface area contributed by atoms with E-state index in [4.69, 9.17) is 17.2 Å². The number of H-pyrrole nitrogens is 1. The molecule has 0 saturated carbocycles. The fourth-order valence-electron chi connectivity index (χ4n) is 3.94. The molecular weight excluding hydrogens is 426 g/mol. The molecule has 1 aliphatic heterocycles. The Labute approximate surface area is 188 Å². The van der Waals surface area contributed by atoms with Crippen molar-refractivity contribution in [3.05, 3.63) is 93.0 Å². The fraction of sp³-hybridized carbons (Fsp3) is 0.125. The summed E-state index contributed by atoms with van der Waals surface area (Å²) in [6, 6.07) is 22.5. The van der Waals surface area contributed by atoms with Gasteiger partial charge in [0.05, 0.1) is 11.4 Å². The van der Waals surface area contributed by atoms with Crippen molar-refractivity contribution in [2.75, 3.05) is 0 Å². The third-order valence-corrected chi connectivity index (χ3v) is 7.20. The average Bonchev–Trinajstić information content (AvgIpc) is 2.96. The average molecular weight is 446 g/mol. The molecule has 3 aromatic carbocycles. The molecule has 0 spiro atoms. The molecule has 0 saturated heterocycles. The Morgan fingerprint density at radius 1 is 1.10 bits per heavy atom. The maximum Gasteiger partial charge on any atom is 0.264 e. The van der Waals surface area contributed by atoms with Gasteiger partial charge in [0, 0.05) is 23.6 Å². The van der Waals surface area contributed by atoms with Crippen LogP contribution < -0.4 is 5.56 Å². The minimum Gasteiger partial charge on any atom is -0.494 e. The zero-order chi connectivity index (χ0) is 21.5. The van der Waals surface area contributed by atoms with Gasteiger partial charge in [0.2, 0.25) is 5.88 Å². The van der Waals surface area contributed by atoms with E-state index >= 15 is 0 Å². The number of aliphatic imine (C=N–C) groups is 1. The van der Waals surface area contributed by atoms with Crippen LogP contribution in [-0.4, -0.2) is 20.4 Å². The fourth-order valence-corrected chi connectivity index (χ4v) is 5.39. The lowest BCUT2D eigenvalue weighted by Gasteiger charge is -2.18. The van der Waals surface area contributed by atoms with Gasteiger partial charge in [0.25, 0.3) is 5.56 Å². The maximum atomic E-state index is 12.8. The van der Waals surface area contributed by atoms with E-state index in [0.717, 1.165) is 10.6 Å². The number of aromatic nitrogens is 2. The topological polar surface area (TPSA) is 70.4 Å². The second-order valence-electron chi connectivity index (χ2n) is 7.42. The van der Waals surface area contributed by atoms with E-state index in [1.54, 1.807) is 18.8 Å². The number of para-hydroxylation sites is 1. The number of aromatic amines is 1. The molecule has 1 aromatic heterocycles. The van der Waals surface area contributed by atoms with Crippen molar-refractivity contribution in [1.29, 1.82) is 0 Å². The maximum absolute atomic E-state index is 12.8. The van der Waals surface area contributed by atoms with Gasteiger partial charge in [0.15, 0.2) is 4.77 Å². The summed E-state index contributed by atoms with van der Waals surface area (Å²) in [6.45, 7) is 0. The minimum atomic E-state index is -0.430. The number of hydrogen-bond donors (Lipinski definition) is 2. The van der Waals surface area contributed by atoms with Crippen molar-refractivity contribution in [3.63, 3.8) is 0 Å². The summed E-state index contributed by atoms with van der Waals surface area (Å²) in [7, 11) is 1.62. The van der Waals surface area contributed by atoms with E-state index in [0.29, 0.717) is 12.1 Å². The predicted octanol–water partition coefficient (Wildman–Crippen LogP) is 5.66. The molecule has 2 heterocycles. The first-order chi connectivity index (χ1) is 15.0. The molecule has 0 amide bonds. The number of nitrogens with one attached hydrogen (secondary N) is 1. The molecule has 5 rings (SSSR count). The molecule has 1 atom stereocenters. The van der Waals surface area contributed by atoms with Gasteiger partial charge in [-0.25, -0.2) is 0 Å². The highest BCUT2D eigenvalue weighted by Crippen LogP contribution is 2.47. The summed E-state index contributed by atoms with van der Waals surface area (Å²) in [5, 5.41) is 13.1. The number of hydrogen-bond acceptors (Lipinski definition) is 5. The number of fused-ring (bicyclic) bond motifs is 2. The Hall–Kier alpha value is -3.16. The van der Waals surface area contributed by atoms with Gasteiger partial charge in [-0.2, -0.15) is 0 Å². The lowest BCUT2D eigenvalue weighted by Crippen LogP contribution is -2.23. The molecule has 2 N–H and O–H groups in total. The van der Waals surface area contributed by atoms with Crippen LogP contribution in [0.25, 0.3) is 10.8 Å². The highest BCUT2D eigenvalue weighted by Gasteiger charge is 2.27. The first kappa shape index (κ1) is 19.8. The SMILES string of the molecule is Cn1c(O)c(C2=Nc3ccccc3S[C@H](c3cccc4ccccc34)C2)c(=O)[nH]c1=S. The third-order valence-electron chi connectivity index (χ3n) is 5.52. The van der Waals surface area contributed by atoms with Crippen molar-refractivity contribution in [2.24, 2.45) is 12.0 Å². The van der Waals surface area contributed by atoms with Gasteiger partial charge in [-0.1, -0.05) is 54.6 Å². The van der Waals surface area contributed by atoms with E-state index in [-0.39, 0.29) is 21.5 Å². The van der Waals surface area contributed by atoms with Crippen LogP contribution in [0.4, 0.5) is 5.69 Å². The second kappa shape index (κ2) is 7.83. The monoisotopic (exact) mass is 445 g/mol. The van der Waals surface area contributed by atoms with Crippen LogP contribution in [0.5, 0.6) is 5.88 Å². The highest BCUT2D eigenvalue weighted by molar-refractivity contribution is 7.99. The first-order valence-corrected chi connectivity index (χ1v) is 11.2. The zero-order valence-corrected chi connectivity index (χ0v) is 18.3. The summed E-state index contributed by atoms with van der Waals surface area (Å²) in [4.78, 5) is 21.3. The minimum absolute atomic E-state index is 0.0146. The van der Waals surface area contributed by atoms with Crippen molar-refractivity contribution in [2.45, 2.75) is 16.6 Å². The molecule has 0 radical (unpaired) electrons. The molecular formula is C24H19N3O2S2. The number of nitrogens with zero attached hydrogens (tertiary/aromatic N) is 2. The molecule has 0 fully saturated rings. The third kappa shape index (κ3) is 3.49. The number of thioether (sulfide) groups is 1. The zero-order valence-electron chi connectivity index (χ0n) is 16.7. The molecule has 0 aliphatic carbocycles. The Morgan fingerprint density at radius 3 is 2.71 bits per heavy atom. The molecule has 5 nitrogen and oxygen atoms in total. The summed E-state index contributed by atoms with van der Waals surface area (Å²) < 4.78 is 1.56. The first-order valence-electron chi connectivity index (χ1n) is 9.86. The van der Waals surface area contributed by atoms with Crippen LogP contribution in [0.2, 0.25) is 0 Å². The van der Waals surface area contributed by atoms with Gasteiger partial charge in [0.1, 0.15) is 5.56 Å². The molecule has 1 aliphatic rings. The largest absolute Gasteiger partial charge is 0.494 e. The second-order valence-corrected chi connectivity index (χ2v) is 9.05. The van der Waals surface area contributed by atoms with Gasteiger partial charge >= 0.3 is 0 Å². The van der Waals surface area contributed by atoms with Gasteiger partial charge in [-0.05, 0) is 40.7 Å². The Bertz CT molecular complexity index is 1460. The van der Waals surface area contributed by atoms with E-state index in [1.807, 2.05) is 36.4 Å². The van der Waals surface area contributed by atoms with Crippen LogP contribution in [0.1, 0.15) is 22.8 Å². The number of rotatable bonds is 2. The molecule has 4 aromatic rings. The Balaban J connectivity index is 1.73. The van der Waals surface area contributed by atoms with Crippen molar-refractivity contribution < 1.29 is 5.11 Å². The lowest BCUT2D eigenvalue weighted by atomic mass is 9.97. The summed E-state index contributed by atoms with van der Waals surface area (Å²) in [5.74, 6) is -0.173. The lowest BCUT2D eigenvalue weighted by molar-refractivity contribution is 0.419. The Kier molecular flexibility index (Phi) is 5.00. The standard InChI is InChI=1S/C24H19N3O2S2/c1-27-23(29)21(22(28)26-24(27)30)18-13-20(31-19-12-5-4-11-17(19)25-18)16-10-6-8-14-7-2-3-9-15(14)16/h2-12,20,29H,13H2,1H3,(H,26,28,30)/t20-/m0/s1. The van der Waals surface area contributed by atoms with Crippen LogP contribution >= 0.6 is 24.0 Å². The quantitative estimate of drug-likeness (QED) is 0.391. The molecule has 0 bridgehead atoms. The van der Waals surface area contributed by atoms with E-state index in [2.05, 4.69) is 35.3 Å². The van der Waals surface area contributed by atoms with E-state index < -0.39 is 5.56 Å². The number of benzene rings is 3. The highest BCUT2D eigenvalue weighted by atomic mass is 32.2. The van der Waals surface area contributed by atoms with Crippen molar-refractivity contribution in [1.82, 2.24) is 9.55 Å². The summed E-state index contributed by atoms with van der Waals surface area (Å²) >= 11 is 6.86.